The summed E-state index contributed by atoms with van der Waals surface area (Å²) in [6.07, 6.45) is 91.1. The molecule has 0 spiro atoms. The van der Waals surface area contributed by atoms with E-state index in [1.165, 1.54) is 186 Å². The molecule has 1 amide bonds. The van der Waals surface area contributed by atoms with Gasteiger partial charge in [0.1, 0.15) is 0 Å². The van der Waals surface area contributed by atoms with Gasteiger partial charge in [-0.1, -0.05) is 303 Å². The molecular weight excluding hydrogens is 855 g/mol. The number of aliphatic hydroxyl groups is 2. The topological polar surface area (TPSA) is 69.6 Å². The third-order valence-corrected chi connectivity index (χ3v) is 13.3. The van der Waals surface area contributed by atoms with Crippen molar-refractivity contribution < 1.29 is 15.0 Å². The lowest BCUT2D eigenvalue weighted by molar-refractivity contribution is -0.123. The van der Waals surface area contributed by atoms with Gasteiger partial charge in [0.05, 0.1) is 18.8 Å². The lowest BCUT2D eigenvalue weighted by Crippen LogP contribution is -2.45. The molecule has 0 aromatic heterocycles. The second-order valence-corrected chi connectivity index (χ2v) is 20.0. The Labute approximate surface area is 436 Å². The minimum absolute atomic E-state index is 0.0659. The number of rotatable bonds is 54. The molecule has 70 heavy (non-hydrogen) atoms. The van der Waals surface area contributed by atoms with Crippen molar-refractivity contribution >= 4 is 5.91 Å². The Bertz CT molecular complexity index is 1330. The SMILES string of the molecule is CC/C=C\C/C=C\C/C=C\C/C=C\C/C=C\C/C=C\C/C=C\C/C=C\CCCCCCCCCCCCCCCCC(=O)NC(CO)C(O)/C=C/CCCCCCCCCCCCCCCCCCC. The number of nitrogens with one attached hydrogen (secondary N) is 1. The van der Waals surface area contributed by atoms with E-state index in [-0.39, 0.29) is 12.5 Å². The number of unbranched alkanes of at least 4 members (excludes halogenated alkanes) is 31. The number of hydrogen-bond donors (Lipinski definition) is 3. The average Bonchev–Trinajstić information content (AvgIpc) is 3.36. The molecule has 0 saturated carbocycles. The van der Waals surface area contributed by atoms with Crippen LogP contribution in [0.15, 0.2) is 109 Å². The highest BCUT2D eigenvalue weighted by molar-refractivity contribution is 5.76. The predicted molar refractivity (Wildman–Crippen MR) is 313 cm³/mol. The van der Waals surface area contributed by atoms with E-state index in [0.717, 1.165) is 77.0 Å². The molecule has 3 N–H and O–H groups in total. The predicted octanol–water partition coefficient (Wildman–Crippen LogP) is 20.3. The number of hydrogen-bond acceptors (Lipinski definition) is 3. The molecule has 402 valence electrons. The zero-order valence-electron chi connectivity index (χ0n) is 46.3. The Morgan fingerprint density at radius 2 is 0.629 bits per heavy atom. The van der Waals surface area contributed by atoms with Gasteiger partial charge < -0.3 is 15.5 Å². The van der Waals surface area contributed by atoms with Crippen molar-refractivity contribution in [3.63, 3.8) is 0 Å². The Morgan fingerprint density at radius 1 is 0.357 bits per heavy atom. The normalized spacial score (nSPS) is 13.6. The summed E-state index contributed by atoms with van der Waals surface area (Å²) in [4.78, 5) is 12.5. The second kappa shape index (κ2) is 60.4. The number of amides is 1. The Morgan fingerprint density at radius 3 is 0.943 bits per heavy atom. The fourth-order valence-electron chi connectivity index (χ4n) is 8.73. The number of aliphatic hydroxyl groups excluding tert-OH is 2. The van der Waals surface area contributed by atoms with Gasteiger partial charge >= 0.3 is 0 Å². The molecule has 0 aliphatic heterocycles. The van der Waals surface area contributed by atoms with Gasteiger partial charge in [-0.2, -0.15) is 0 Å². The number of carbonyl (C=O) groups is 1. The first-order chi connectivity index (χ1) is 34.7. The molecule has 0 aromatic carbocycles. The minimum atomic E-state index is -0.845. The molecule has 0 saturated heterocycles. The molecule has 2 atom stereocenters. The monoisotopic (exact) mass is 970 g/mol. The third-order valence-electron chi connectivity index (χ3n) is 13.3. The van der Waals surface area contributed by atoms with Crippen LogP contribution in [0.5, 0.6) is 0 Å². The summed E-state index contributed by atoms with van der Waals surface area (Å²) >= 11 is 0. The first-order valence-electron chi connectivity index (χ1n) is 30.1. The van der Waals surface area contributed by atoms with E-state index in [0.29, 0.717) is 6.42 Å². The van der Waals surface area contributed by atoms with Crippen LogP contribution >= 0.6 is 0 Å². The first kappa shape index (κ1) is 67.0. The van der Waals surface area contributed by atoms with Crippen molar-refractivity contribution in [3.8, 4) is 0 Å². The lowest BCUT2D eigenvalue weighted by atomic mass is 10.0. The molecule has 0 heterocycles. The van der Waals surface area contributed by atoms with Crippen molar-refractivity contribution in [2.75, 3.05) is 6.61 Å². The summed E-state index contributed by atoms with van der Waals surface area (Å²) in [5, 5.41) is 23.2. The molecule has 0 aliphatic carbocycles. The standard InChI is InChI=1S/C66H115NO3/c1-3-5-7-9-11-13-15-17-19-21-23-24-25-26-27-28-29-30-31-32-33-34-35-36-37-38-39-40-41-42-44-46-48-50-52-54-56-58-60-62-66(70)67-64(63-68)65(69)61-59-57-55-53-51-49-47-45-43-22-20-18-16-14-12-10-8-6-4-2/h5,7,11,13,17,19,23-24,26-27,29-30,32-33,35-36,59,61,64-65,68-69H,3-4,6,8-10,12,14-16,18,20-22,25,28,31,34,37-58,60,62-63H2,1-2H3,(H,67,70)/b7-5-,13-11-,19-17-,24-23-,27-26-,30-29-,33-32-,36-35-,61-59+. The van der Waals surface area contributed by atoms with Gasteiger partial charge in [-0.3, -0.25) is 4.79 Å². The minimum Gasteiger partial charge on any atom is -0.394 e. The molecule has 0 rings (SSSR count). The van der Waals surface area contributed by atoms with Crippen LogP contribution < -0.4 is 5.32 Å². The summed E-state index contributed by atoms with van der Waals surface area (Å²) < 4.78 is 0. The molecule has 0 aromatic rings. The Balaban J connectivity index is 3.54. The molecular formula is C66H115NO3. The van der Waals surface area contributed by atoms with Crippen LogP contribution in [0.1, 0.15) is 284 Å². The molecule has 0 aliphatic rings. The third kappa shape index (κ3) is 56.0. The maximum Gasteiger partial charge on any atom is 0.220 e. The number of carbonyl (C=O) groups excluding carboxylic acids is 1. The summed E-state index contributed by atoms with van der Waals surface area (Å²) in [6, 6.07) is -0.628. The highest BCUT2D eigenvalue weighted by Gasteiger charge is 2.18. The molecule has 4 heteroatoms. The highest BCUT2D eigenvalue weighted by Crippen LogP contribution is 2.16. The summed E-state index contributed by atoms with van der Waals surface area (Å²) in [6.45, 7) is 4.21. The molecule has 2 unspecified atom stereocenters. The van der Waals surface area contributed by atoms with Gasteiger partial charge in [-0.05, 0) is 83.5 Å². The molecule has 4 nitrogen and oxygen atoms in total. The second-order valence-electron chi connectivity index (χ2n) is 20.0. The molecule has 0 bridgehead atoms. The van der Waals surface area contributed by atoms with E-state index in [2.05, 4.69) is 116 Å². The lowest BCUT2D eigenvalue weighted by Gasteiger charge is -2.20. The zero-order valence-corrected chi connectivity index (χ0v) is 46.3. The van der Waals surface area contributed by atoms with Crippen LogP contribution in [0.4, 0.5) is 0 Å². The zero-order chi connectivity index (χ0) is 50.6. The van der Waals surface area contributed by atoms with E-state index >= 15 is 0 Å². The number of allylic oxidation sites excluding steroid dienone is 17. The van der Waals surface area contributed by atoms with Crippen molar-refractivity contribution in [1.82, 2.24) is 5.32 Å². The highest BCUT2D eigenvalue weighted by atomic mass is 16.3. The van der Waals surface area contributed by atoms with Crippen molar-refractivity contribution in [3.05, 3.63) is 109 Å². The van der Waals surface area contributed by atoms with Crippen LogP contribution in [-0.2, 0) is 4.79 Å². The van der Waals surface area contributed by atoms with Gasteiger partial charge in [-0.25, -0.2) is 0 Å². The van der Waals surface area contributed by atoms with Crippen LogP contribution in [0.2, 0.25) is 0 Å². The van der Waals surface area contributed by atoms with Gasteiger partial charge in [0.25, 0.3) is 0 Å². The van der Waals surface area contributed by atoms with E-state index in [4.69, 9.17) is 0 Å². The molecule has 0 fully saturated rings. The fraction of sp³-hybridized carbons (Fsp3) is 0.712. The van der Waals surface area contributed by atoms with Crippen LogP contribution in [0, 0.1) is 0 Å². The van der Waals surface area contributed by atoms with Crippen molar-refractivity contribution in [1.29, 1.82) is 0 Å². The van der Waals surface area contributed by atoms with Gasteiger partial charge in [0.2, 0.25) is 5.91 Å². The van der Waals surface area contributed by atoms with Crippen molar-refractivity contribution in [2.45, 2.75) is 296 Å². The largest absolute Gasteiger partial charge is 0.394 e. The molecule has 0 radical (unpaired) electrons. The van der Waals surface area contributed by atoms with E-state index < -0.39 is 12.1 Å². The maximum absolute atomic E-state index is 12.5. The van der Waals surface area contributed by atoms with Crippen LogP contribution in [0.25, 0.3) is 0 Å². The summed E-state index contributed by atoms with van der Waals surface area (Å²) in [7, 11) is 0. The van der Waals surface area contributed by atoms with Crippen LogP contribution in [-0.4, -0.2) is 34.9 Å². The van der Waals surface area contributed by atoms with Gasteiger partial charge in [-0.15, -0.1) is 0 Å². The van der Waals surface area contributed by atoms with Gasteiger partial charge in [0.15, 0.2) is 0 Å². The van der Waals surface area contributed by atoms with E-state index in [9.17, 15) is 15.0 Å². The van der Waals surface area contributed by atoms with E-state index in [1.54, 1.807) is 6.08 Å². The van der Waals surface area contributed by atoms with Crippen molar-refractivity contribution in [2.24, 2.45) is 0 Å². The smallest absolute Gasteiger partial charge is 0.220 e. The summed E-state index contributed by atoms with van der Waals surface area (Å²) in [5.74, 6) is -0.0659. The Kier molecular flexibility index (Phi) is 57.8. The first-order valence-corrected chi connectivity index (χ1v) is 30.1. The van der Waals surface area contributed by atoms with Crippen LogP contribution in [0.3, 0.4) is 0 Å². The van der Waals surface area contributed by atoms with Gasteiger partial charge in [0, 0.05) is 6.42 Å². The Hall–Kier alpha value is -2.95. The van der Waals surface area contributed by atoms with E-state index in [1.807, 2.05) is 6.08 Å². The fourth-order valence-corrected chi connectivity index (χ4v) is 8.73. The average molecular weight is 971 g/mol. The maximum atomic E-state index is 12.5. The quantitative estimate of drug-likeness (QED) is 0.0420. The summed E-state index contributed by atoms with van der Waals surface area (Å²) in [5.41, 5.74) is 0.